The molecule has 1 fully saturated rings. The normalized spacial score (nSPS) is 15.5. The summed E-state index contributed by atoms with van der Waals surface area (Å²) >= 11 is 0. The Morgan fingerprint density at radius 3 is 2.21 bits per heavy atom. The van der Waals surface area contributed by atoms with Crippen molar-refractivity contribution in [1.82, 2.24) is 19.8 Å². The van der Waals surface area contributed by atoms with Gasteiger partial charge in [-0.1, -0.05) is 0 Å². The Bertz CT molecular complexity index is 507. The van der Waals surface area contributed by atoms with Crippen molar-refractivity contribution in [2.45, 2.75) is 20.8 Å². The molecule has 0 unspecified atom stereocenters. The van der Waals surface area contributed by atoms with Crippen LogP contribution in [0, 0.1) is 13.8 Å². The van der Waals surface area contributed by atoms with Crippen molar-refractivity contribution in [2.24, 2.45) is 0 Å². The van der Waals surface area contributed by atoms with Crippen LogP contribution in [0.2, 0.25) is 0 Å². The molecule has 0 radical (unpaired) electrons. The van der Waals surface area contributed by atoms with Crippen LogP contribution in [0.15, 0.2) is 6.20 Å². The standard InChI is InChI=1S/C13H18N4O2/c1-9-12(8-14-10(2)15-9)13(19)17-6-4-16(5-7-17)11(3)18/h8H,4-7H2,1-3H3. The molecule has 19 heavy (non-hydrogen) atoms. The summed E-state index contributed by atoms with van der Waals surface area (Å²) in [6, 6.07) is 0. The van der Waals surface area contributed by atoms with Crippen molar-refractivity contribution < 1.29 is 9.59 Å². The number of carbonyl (C=O) groups is 2. The molecule has 0 saturated carbocycles. The first-order valence-electron chi connectivity index (χ1n) is 6.34. The Hall–Kier alpha value is -1.98. The average Bonchev–Trinajstić information content (AvgIpc) is 2.38. The van der Waals surface area contributed by atoms with Crippen LogP contribution < -0.4 is 0 Å². The number of piperazine rings is 1. The van der Waals surface area contributed by atoms with Gasteiger partial charge in [0.1, 0.15) is 5.82 Å². The maximum atomic E-state index is 12.4. The molecule has 102 valence electrons. The summed E-state index contributed by atoms with van der Waals surface area (Å²) < 4.78 is 0. The van der Waals surface area contributed by atoms with Crippen LogP contribution in [-0.2, 0) is 4.79 Å². The van der Waals surface area contributed by atoms with E-state index in [1.54, 1.807) is 29.8 Å². The zero-order chi connectivity index (χ0) is 14.0. The van der Waals surface area contributed by atoms with Crippen LogP contribution in [0.5, 0.6) is 0 Å². The predicted molar refractivity (Wildman–Crippen MR) is 69.7 cm³/mol. The van der Waals surface area contributed by atoms with E-state index in [9.17, 15) is 9.59 Å². The second kappa shape index (κ2) is 5.34. The molecule has 1 aromatic heterocycles. The molecule has 0 N–H and O–H groups in total. The maximum Gasteiger partial charge on any atom is 0.257 e. The summed E-state index contributed by atoms with van der Waals surface area (Å²) in [7, 11) is 0. The fourth-order valence-corrected chi connectivity index (χ4v) is 2.19. The van der Waals surface area contributed by atoms with Gasteiger partial charge in [-0.05, 0) is 13.8 Å². The van der Waals surface area contributed by atoms with Crippen LogP contribution in [0.1, 0.15) is 28.8 Å². The highest BCUT2D eigenvalue weighted by atomic mass is 16.2. The Morgan fingerprint density at radius 2 is 1.68 bits per heavy atom. The van der Waals surface area contributed by atoms with Crippen molar-refractivity contribution in [1.29, 1.82) is 0 Å². The first-order valence-corrected chi connectivity index (χ1v) is 6.34. The van der Waals surface area contributed by atoms with Gasteiger partial charge in [-0.2, -0.15) is 0 Å². The second-order valence-electron chi connectivity index (χ2n) is 4.71. The van der Waals surface area contributed by atoms with Gasteiger partial charge < -0.3 is 9.80 Å². The van der Waals surface area contributed by atoms with Crippen molar-refractivity contribution in [2.75, 3.05) is 26.2 Å². The van der Waals surface area contributed by atoms with Gasteiger partial charge in [-0.25, -0.2) is 9.97 Å². The Balaban J connectivity index is 2.07. The first-order chi connectivity index (χ1) is 8.99. The molecule has 6 heteroatoms. The third-order valence-corrected chi connectivity index (χ3v) is 3.34. The highest BCUT2D eigenvalue weighted by Gasteiger charge is 2.24. The summed E-state index contributed by atoms with van der Waals surface area (Å²) in [5.74, 6) is 0.665. The van der Waals surface area contributed by atoms with E-state index in [1.165, 1.54) is 0 Å². The van der Waals surface area contributed by atoms with Gasteiger partial charge >= 0.3 is 0 Å². The van der Waals surface area contributed by atoms with E-state index < -0.39 is 0 Å². The molecule has 2 rings (SSSR count). The highest BCUT2D eigenvalue weighted by Crippen LogP contribution is 2.11. The molecule has 1 saturated heterocycles. The van der Waals surface area contributed by atoms with Gasteiger partial charge in [0.05, 0.1) is 11.3 Å². The predicted octanol–water partition coefficient (Wildman–Crippen LogP) is 0.398. The third-order valence-electron chi connectivity index (χ3n) is 3.34. The molecular formula is C13H18N4O2. The molecule has 0 spiro atoms. The average molecular weight is 262 g/mol. The molecule has 1 aromatic rings. The van der Waals surface area contributed by atoms with E-state index in [1.807, 2.05) is 6.92 Å². The molecule has 2 heterocycles. The number of aromatic nitrogens is 2. The summed E-state index contributed by atoms with van der Waals surface area (Å²) in [6.07, 6.45) is 1.58. The molecule has 0 bridgehead atoms. The topological polar surface area (TPSA) is 66.4 Å². The number of hydrogen-bond donors (Lipinski definition) is 0. The Labute approximate surface area is 112 Å². The number of hydrogen-bond acceptors (Lipinski definition) is 4. The van der Waals surface area contributed by atoms with Gasteiger partial charge in [0, 0.05) is 39.3 Å². The molecular weight excluding hydrogens is 244 g/mol. The lowest BCUT2D eigenvalue weighted by atomic mass is 10.2. The second-order valence-corrected chi connectivity index (χ2v) is 4.71. The van der Waals surface area contributed by atoms with Crippen molar-refractivity contribution in [3.63, 3.8) is 0 Å². The van der Waals surface area contributed by atoms with Crippen LogP contribution in [0.4, 0.5) is 0 Å². The molecule has 2 amide bonds. The van der Waals surface area contributed by atoms with E-state index in [4.69, 9.17) is 0 Å². The van der Waals surface area contributed by atoms with Crippen LogP contribution in [0.25, 0.3) is 0 Å². The fraction of sp³-hybridized carbons (Fsp3) is 0.538. The van der Waals surface area contributed by atoms with Gasteiger partial charge in [0.15, 0.2) is 0 Å². The quantitative estimate of drug-likeness (QED) is 0.734. The molecule has 0 aliphatic carbocycles. The molecule has 1 aliphatic rings. The highest BCUT2D eigenvalue weighted by molar-refractivity contribution is 5.95. The van der Waals surface area contributed by atoms with Crippen molar-refractivity contribution >= 4 is 11.8 Å². The Kier molecular flexibility index (Phi) is 3.78. The number of aryl methyl sites for hydroxylation is 2. The smallest absolute Gasteiger partial charge is 0.257 e. The lowest BCUT2D eigenvalue weighted by Crippen LogP contribution is -2.50. The van der Waals surface area contributed by atoms with Gasteiger partial charge in [0.2, 0.25) is 5.91 Å². The van der Waals surface area contributed by atoms with Crippen LogP contribution in [0.3, 0.4) is 0 Å². The molecule has 0 aromatic carbocycles. The first kappa shape index (κ1) is 13.5. The Morgan fingerprint density at radius 1 is 1.11 bits per heavy atom. The summed E-state index contributed by atoms with van der Waals surface area (Å²) in [4.78, 5) is 35.4. The van der Waals surface area contributed by atoms with Crippen LogP contribution in [-0.4, -0.2) is 57.8 Å². The largest absolute Gasteiger partial charge is 0.339 e. The van der Waals surface area contributed by atoms with E-state index in [-0.39, 0.29) is 11.8 Å². The van der Waals surface area contributed by atoms with Crippen LogP contribution >= 0.6 is 0 Å². The molecule has 6 nitrogen and oxygen atoms in total. The lowest BCUT2D eigenvalue weighted by molar-refractivity contribution is -0.130. The van der Waals surface area contributed by atoms with E-state index in [0.29, 0.717) is 43.3 Å². The minimum atomic E-state index is -0.0549. The van der Waals surface area contributed by atoms with Crippen molar-refractivity contribution in [3.8, 4) is 0 Å². The molecule has 0 atom stereocenters. The minimum absolute atomic E-state index is 0.0549. The van der Waals surface area contributed by atoms with Crippen molar-refractivity contribution in [3.05, 3.63) is 23.3 Å². The minimum Gasteiger partial charge on any atom is -0.339 e. The van der Waals surface area contributed by atoms with Gasteiger partial charge in [0.25, 0.3) is 5.91 Å². The van der Waals surface area contributed by atoms with E-state index >= 15 is 0 Å². The molecule has 1 aliphatic heterocycles. The fourth-order valence-electron chi connectivity index (χ4n) is 2.19. The SMILES string of the molecule is CC(=O)N1CCN(C(=O)c2cnc(C)nc2C)CC1. The summed E-state index contributed by atoms with van der Waals surface area (Å²) in [5.41, 5.74) is 1.24. The summed E-state index contributed by atoms with van der Waals surface area (Å²) in [5, 5.41) is 0. The van der Waals surface area contributed by atoms with E-state index in [2.05, 4.69) is 9.97 Å². The lowest BCUT2D eigenvalue weighted by Gasteiger charge is -2.34. The maximum absolute atomic E-state index is 12.4. The number of nitrogens with zero attached hydrogens (tertiary/aromatic N) is 4. The summed E-state index contributed by atoms with van der Waals surface area (Å²) in [6.45, 7) is 7.47. The monoisotopic (exact) mass is 262 g/mol. The third kappa shape index (κ3) is 2.89. The number of rotatable bonds is 1. The number of carbonyl (C=O) groups excluding carboxylic acids is 2. The zero-order valence-electron chi connectivity index (χ0n) is 11.5. The van der Waals surface area contributed by atoms with Gasteiger partial charge in [-0.15, -0.1) is 0 Å². The number of amides is 2. The van der Waals surface area contributed by atoms with Gasteiger partial charge in [-0.3, -0.25) is 9.59 Å². The zero-order valence-corrected chi connectivity index (χ0v) is 11.5. The van der Waals surface area contributed by atoms with E-state index in [0.717, 1.165) is 0 Å².